The van der Waals surface area contributed by atoms with Crippen molar-refractivity contribution < 1.29 is 41.8 Å². The number of pyridine rings is 1. The number of aromatic nitrogens is 1. The van der Waals surface area contributed by atoms with Gasteiger partial charge in [-0.05, 0) is 87.4 Å². The highest BCUT2D eigenvalue weighted by atomic mass is 19.4. The summed E-state index contributed by atoms with van der Waals surface area (Å²) < 4.78 is 59.7. The molecular formula is C37H45F3N4O6. The lowest BCUT2D eigenvalue weighted by molar-refractivity contribution is -0.169. The minimum Gasteiger partial charge on any atom is -0.444 e. The fraction of sp³-hybridized carbons (Fsp3) is 0.459. The third-order valence-corrected chi connectivity index (χ3v) is 7.61. The van der Waals surface area contributed by atoms with Crippen molar-refractivity contribution in [1.82, 2.24) is 4.98 Å². The lowest BCUT2D eigenvalue weighted by Crippen LogP contribution is -2.29. The molecule has 1 aliphatic rings. The summed E-state index contributed by atoms with van der Waals surface area (Å²) in [7, 11) is 1.51. The number of hydrogen-bond donors (Lipinski definition) is 2. The van der Waals surface area contributed by atoms with Crippen molar-refractivity contribution in [3.05, 3.63) is 71.5 Å². The summed E-state index contributed by atoms with van der Waals surface area (Å²) in [5, 5.41) is 4.88. The van der Waals surface area contributed by atoms with E-state index < -0.39 is 41.5 Å². The Morgan fingerprint density at radius 3 is 2.38 bits per heavy atom. The molecular weight excluding hydrogens is 653 g/mol. The molecule has 0 bridgehead atoms. The largest absolute Gasteiger partial charge is 0.444 e. The number of carbonyl (C=O) groups is 3. The fourth-order valence-corrected chi connectivity index (χ4v) is 5.47. The number of carbonyl (C=O) groups excluding carboxylic acids is 3. The molecule has 0 spiro atoms. The van der Waals surface area contributed by atoms with Crippen molar-refractivity contribution in [2.75, 3.05) is 35.7 Å². The molecule has 1 atom stereocenters. The van der Waals surface area contributed by atoms with Crippen LogP contribution in [0, 0.1) is 5.92 Å². The zero-order valence-electron chi connectivity index (χ0n) is 29.3. The number of rotatable bonds is 12. The van der Waals surface area contributed by atoms with Crippen molar-refractivity contribution in [1.29, 1.82) is 0 Å². The number of anilines is 3. The zero-order valence-corrected chi connectivity index (χ0v) is 29.3. The molecule has 0 radical (unpaired) electrons. The first kappa shape index (κ1) is 38.3. The second-order valence-electron chi connectivity index (χ2n) is 13.7. The first-order valence-electron chi connectivity index (χ1n) is 16.6. The summed E-state index contributed by atoms with van der Waals surface area (Å²) in [5.74, 6) is -1.39. The molecule has 10 nitrogen and oxygen atoms in total. The molecule has 2 aromatic carbocycles. The number of nitrogens with zero attached hydrogens (tertiary/aromatic N) is 2. The Balaban J connectivity index is 1.54. The Bertz CT molecular complexity index is 1670. The van der Waals surface area contributed by atoms with Crippen molar-refractivity contribution in [3.63, 3.8) is 0 Å². The number of ether oxygens (including phenoxy) is 3. The molecule has 0 aliphatic carbocycles. The van der Waals surface area contributed by atoms with Gasteiger partial charge in [0.25, 0.3) is 0 Å². The van der Waals surface area contributed by atoms with Crippen molar-refractivity contribution >= 4 is 34.8 Å². The smallest absolute Gasteiger partial charge is 0.418 e. The molecule has 2 amide bonds. The average Bonchev–Trinajstić information content (AvgIpc) is 3.03. The van der Waals surface area contributed by atoms with Gasteiger partial charge < -0.3 is 24.4 Å². The van der Waals surface area contributed by atoms with E-state index in [0.29, 0.717) is 17.9 Å². The third kappa shape index (κ3) is 11.3. The maximum Gasteiger partial charge on any atom is 0.418 e. The number of benzene rings is 2. The van der Waals surface area contributed by atoms with Crippen molar-refractivity contribution in [3.8, 4) is 11.1 Å². The second-order valence-corrected chi connectivity index (χ2v) is 13.7. The van der Waals surface area contributed by atoms with Crippen LogP contribution in [0.15, 0.2) is 54.7 Å². The number of alkyl halides is 3. The monoisotopic (exact) mass is 698 g/mol. The lowest BCUT2D eigenvalue weighted by Gasteiger charge is -2.27. The molecule has 1 unspecified atom stereocenters. The Morgan fingerprint density at radius 1 is 1.00 bits per heavy atom. The van der Waals surface area contributed by atoms with Crippen LogP contribution in [0.2, 0.25) is 0 Å². The summed E-state index contributed by atoms with van der Waals surface area (Å²) in [6, 6.07) is 12.2. The van der Waals surface area contributed by atoms with E-state index in [1.165, 1.54) is 11.9 Å². The van der Waals surface area contributed by atoms with Gasteiger partial charge in [0.1, 0.15) is 5.60 Å². The first-order valence-corrected chi connectivity index (χ1v) is 16.6. The number of ketones is 1. The van der Waals surface area contributed by atoms with E-state index >= 15 is 0 Å². The summed E-state index contributed by atoms with van der Waals surface area (Å²) in [5.41, 5.74) is -0.160. The molecule has 3 aromatic rings. The van der Waals surface area contributed by atoms with E-state index in [2.05, 4.69) is 15.6 Å². The maximum atomic E-state index is 14.3. The predicted molar refractivity (Wildman–Crippen MR) is 185 cm³/mol. The zero-order chi connectivity index (χ0) is 36.6. The quantitative estimate of drug-likeness (QED) is 0.143. The van der Waals surface area contributed by atoms with Crippen LogP contribution in [0.25, 0.3) is 11.1 Å². The molecule has 270 valence electrons. The molecule has 4 rings (SSSR count). The lowest BCUT2D eigenvalue weighted by atomic mass is 10.00. The van der Waals surface area contributed by atoms with E-state index in [1.54, 1.807) is 51.2 Å². The fourth-order valence-electron chi connectivity index (χ4n) is 5.47. The Labute approximate surface area is 290 Å². The Hall–Kier alpha value is -4.49. The van der Waals surface area contributed by atoms with Crippen molar-refractivity contribution in [2.24, 2.45) is 5.92 Å². The van der Waals surface area contributed by atoms with E-state index in [0.717, 1.165) is 37.0 Å². The molecule has 1 aromatic heterocycles. The van der Waals surface area contributed by atoms with Gasteiger partial charge in [-0.15, -0.1) is 0 Å². The van der Waals surface area contributed by atoms with Gasteiger partial charge in [-0.2, -0.15) is 13.2 Å². The van der Waals surface area contributed by atoms with Gasteiger partial charge in [0.2, 0.25) is 5.91 Å². The molecule has 1 aliphatic heterocycles. The minimum atomic E-state index is -4.79. The standard InChI is InChI=1S/C37H45F3N4O6/c1-23(2)21-44(6)31-19-30(43-35(47)50-36(3,4)5)29(18-28(31)37(38,39)40)42-33(46)20-32(45)26-11-9-10-24(16-26)25-13-14-41-27(17-25)22-49-34-12-7-8-15-48-34/h9-11,13-14,16-19,23,34H,7-8,12,15,20-22H2,1-6H3,(H,42,46)(H,43,47). The highest BCUT2D eigenvalue weighted by Crippen LogP contribution is 2.42. The highest BCUT2D eigenvalue weighted by molar-refractivity contribution is 6.12. The van der Waals surface area contributed by atoms with Gasteiger partial charge in [0.15, 0.2) is 12.1 Å². The van der Waals surface area contributed by atoms with Gasteiger partial charge in [0.05, 0.1) is 41.3 Å². The summed E-state index contributed by atoms with van der Waals surface area (Å²) in [6.07, 6.45) is -2.13. The van der Waals surface area contributed by atoms with E-state index in [1.807, 2.05) is 26.0 Å². The van der Waals surface area contributed by atoms with Crippen LogP contribution in [0.5, 0.6) is 0 Å². The van der Waals surface area contributed by atoms with Crippen LogP contribution in [0.1, 0.15) is 81.9 Å². The molecule has 50 heavy (non-hydrogen) atoms. The average molecular weight is 699 g/mol. The number of amides is 2. The predicted octanol–water partition coefficient (Wildman–Crippen LogP) is 8.46. The van der Waals surface area contributed by atoms with Crippen LogP contribution in [-0.2, 0) is 31.8 Å². The van der Waals surface area contributed by atoms with Gasteiger partial charge in [-0.3, -0.25) is 19.9 Å². The van der Waals surface area contributed by atoms with Crippen LogP contribution in [-0.4, -0.2) is 54.9 Å². The summed E-state index contributed by atoms with van der Waals surface area (Å²) in [4.78, 5) is 45.0. The summed E-state index contributed by atoms with van der Waals surface area (Å²) in [6.45, 7) is 9.86. The van der Waals surface area contributed by atoms with Gasteiger partial charge in [-0.1, -0.05) is 32.0 Å². The second kappa shape index (κ2) is 16.5. The van der Waals surface area contributed by atoms with Gasteiger partial charge in [0, 0.05) is 32.0 Å². The molecule has 0 saturated carbocycles. The van der Waals surface area contributed by atoms with Gasteiger partial charge in [-0.25, -0.2) is 4.79 Å². The SMILES string of the molecule is CC(C)CN(C)c1cc(NC(=O)OC(C)(C)C)c(NC(=O)CC(=O)c2cccc(-c3ccnc(COC4CCCCO4)c3)c2)cc1C(F)(F)F. The van der Waals surface area contributed by atoms with Crippen molar-refractivity contribution in [2.45, 2.75) is 85.0 Å². The Kier molecular flexibility index (Phi) is 12.6. The number of nitrogens with one attached hydrogen (secondary N) is 2. The minimum absolute atomic E-state index is 0.0308. The number of Topliss-reactive ketones (excluding diaryl/α,β-unsaturated/α-hetero) is 1. The summed E-state index contributed by atoms with van der Waals surface area (Å²) >= 11 is 0. The third-order valence-electron chi connectivity index (χ3n) is 7.61. The van der Waals surface area contributed by atoms with Crippen LogP contribution >= 0.6 is 0 Å². The normalized spacial score (nSPS) is 15.0. The maximum absolute atomic E-state index is 14.3. The highest BCUT2D eigenvalue weighted by Gasteiger charge is 2.36. The molecule has 1 fully saturated rings. The topological polar surface area (TPSA) is 119 Å². The molecule has 2 heterocycles. The number of hydrogen-bond acceptors (Lipinski definition) is 8. The number of halogens is 3. The van der Waals surface area contributed by atoms with E-state index in [-0.39, 0.29) is 48.0 Å². The molecule has 13 heteroatoms. The van der Waals surface area contributed by atoms with Gasteiger partial charge >= 0.3 is 12.3 Å². The van der Waals surface area contributed by atoms with Crippen LogP contribution in [0.3, 0.4) is 0 Å². The molecule has 2 N–H and O–H groups in total. The Morgan fingerprint density at radius 2 is 1.72 bits per heavy atom. The van der Waals surface area contributed by atoms with Crippen LogP contribution in [0.4, 0.5) is 35.0 Å². The van der Waals surface area contributed by atoms with E-state index in [4.69, 9.17) is 14.2 Å². The molecule has 1 saturated heterocycles. The van der Waals surface area contributed by atoms with Crippen LogP contribution < -0.4 is 15.5 Å². The van der Waals surface area contributed by atoms with E-state index in [9.17, 15) is 27.6 Å². The first-order chi connectivity index (χ1) is 23.5.